The van der Waals surface area contributed by atoms with Crippen molar-refractivity contribution in [2.75, 3.05) is 6.54 Å². The van der Waals surface area contributed by atoms with Crippen molar-refractivity contribution in [2.24, 2.45) is 46.3 Å². The first-order valence-electron chi connectivity index (χ1n) is 13.0. The van der Waals surface area contributed by atoms with Crippen LogP contribution in [0.1, 0.15) is 78.6 Å². The number of hydrogen-bond donors (Lipinski definition) is 5. The fourth-order valence-corrected chi connectivity index (χ4v) is 8.95. The number of carboxylic acid groups (broad SMARTS) is 1. The fraction of sp³-hybridized carbons (Fsp3) is 0.923. The maximum atomic E-state index is 12.0. The van der Waals surface area contributed by atoms with Gasteiger partial charge < -0.3 is 25.7 Å². The van der Waals surface area contributed by atoms with Crippen LogP contribution in [-0.2, 0) is 9.59 Å². The Bertz CT molecular complexity index is 759. The number of carboxylic acids is 1. The van der Waals surface area contributed by atoms with Crippen LogP contribution in [0.25, 0.3) is 0 Å². The molecule has 4 fully saturated rings. The van der Waals surface area contributed by atoms with E-state index in [4.69, 9.17) is 5.11 Å². The summed E-state index contributed by atoms with van der Waals surface area (Å²) in [4.78, 5) is 22.7. The van der Waals surface area contributed by atoms with Crippen LogP contribution in [0.15, 0.2) is 0 Å². The second kappa shape index (κ2) is 9.12. The minimum atomic E-state index is -1.04. The highest BCUT2D eigenvalue weighted by molar-refractivity contribution is 5.81. The van der Waals surface area contributed by atoms with Gasteiger partial charge in [-0.15, -0.1) is 0 Å². The molecular weight excluding hydrogens is 422 g/mol. The highest BCUT2D eigenvalue weighted by atomic mass is 16.4. The summed E-state index contributed by atoms with van der Waals surface area (Å²) in [5.41, 5.74) is -0.214. The van der Waals surface area contributed by atoms with Gasteiger partial charge in [0.15, 0.2) is 0 Å². The molecule has 188 valence electrons. The number of aliphatic hydroxyl groups excluding tert-OH is 3. The minimum Gasteiger partial charge on any atom is -0.480 e. The van der Waals surface area contributed by atoms with Gasteiger partial charge in [-0.2, -0.15) is 0 Å². The van der Waals surface area contributed by atoms with E-state index < -0.39 is 12.1 Å². The Morgan fingerprint density at radius 1 is 1.03 bits per heavy atom. The molecule has 0 aliphatic heterocycles. The maximum absolute atomic E-state index is 12.0. The molecule has 0 spiro atoms. The number of nitrogens with one attached hydrogen (secondary N) is 1. The lowest BCUT2D eigenvalue weighted by molar-refractivity contribution is -0.207. The van der Waals surface area contributed by atoms with E-state index in [2.05, 4.69) is 26.1 Å². The number of rotatable bonds is 6. The molecule has 4 rings (SSSR count). The average Bonchev–Trinajstić information content (AvgIpc) is 3.11. The standard InChI is InChI=1S/C26H43NO6/c1-14(4-7-22(31)27-13-23(32)33)17-5-6-18-24-19(12-21(30)26(17,18)3)25(2)9-8-16(28)10-15(25)11-20(24)29/h14-21,24,28-30H,4-13H2,1-3H3,(H,27,31)(H,32,33)/t14?,15-,16+,17+,18-,19-,20+,21-,24-,25-,26+/m1/s1. The number of amides is 1. The lowest BCUT2D eigenvalue weighted by Gasteiger charge is -2.63. The molecule has 0 aromatic carbocycles. The molecule has 4 aliphatic rings. The van der Waals surface area contributed by atoms with E-state index in [-0.39, 0.29) is 65.1 Å². The van der Waals surface area contributed by atoms with Crippen LogP contribution in [0.2, 0.25) is 0 Å². The van der Waals surface area contributed by atoms with Crippen molar-refractivity contribution in [3.63, 3.8) is 0 Å². The van der Waals surface area contributed by atoms with Crippen LogP contribution < -0.4 is 5.32 Å². The van der Waals surface area contributed by atoms with Gasteiger partial charge in [0.05, 0.1) is 18.3 Å². The number of carbonyl (C=O) groups is 2. The predicted octanol–water partition coefficient (Wildman–Crippen LogP) is 2.56. The molecule has 4 saturated carbocycles. The zero-order valence-corrected chi connectivity index (χ0v) is 20.4. The number of carbonyl (C=O) groups excluding carboxylic acids is 1. The summed E-state index contributed by atoms with van der Waals surface area (Å²) in [5, 5.41) is 44.4. The monoisotopic (exact) mass is 465 g/mol. The lowest BCUT2D eigenvalue weighted by atomic mass is 9.43. The van der Waals surface area contributed by atoms with E-state index in [1.54, 1.807) is 0 Å². The van der Waals surface area contributed by atoms with Crippen LogP contribution in [0, 0.1) is 46.3 Å². The van der Waals surface area contributed by atoms with Crippen LogP contribution in [0.5, 0.6) is 0 Å². The second-order valence-corrected chi connectivity index (χ2v) is 12.2. The number of hydrogen-bond acceptors (Lipinski definition) is 5. The Kier molecular flexibility index (Phi) is 6.89. The summed E-state index contributed by atoms with van der Waals surface area (Å²) in [6.45, 7) is 6.35. The predicted molar refractivity (Wildman–Crippen MR) is 123 cm³/mol. The zero-order valence-electron chi connectivity index (χ0n) is 20.4. The summed E-state index contributed by atoms with van der Waals surface area (Å²) in [6.07, 6.45) is 5.86. The van der Waals surface area contributed by atoms with Crippen molar-refractivity contribution in [1.82, 2.24) is 5.32 Å². The molecule has 33 heavy (non-hydrogen) atoms. The third kappa shape index (κ3) is 4.23. The molecule has 1 amide bonds. The third-order valence-corrected chi connectivity index (χ3v) is 10.8. The largest absolute Gasteiger partial charge is 0.480 e. The molecule has 11 atom stereocenters. The van der Waals surface area contributed by atoms with Gasteiger partial charge in [-0.25, -0.2) is 0 Å². The maximum Gasteiger partial charge on any atom is 0.322 e. The number of aliphatic carboxylic acids is 1. The van der Waals surface area contributed by atoms with Crippen molar-refractivity contribution in [1.29, 1.82) is 0 Å². The zero-order chi connectivity index (χ0) is 24.1. The van der Waals surface area contributed by atoms with Crippen molar-refractivity contribution in [3.8, 4) is 0 Å². The molecular formula is C26H43NO6. The lowest BCUT2D eigenvalue weighted by Crippen LogP contribution is -2.62. The van der Waals surface area contributed by atoms with Crippen molar-refractivity contribution in [2.45, 2.75) is 96.9 Å². The van der Waals surface area contributed by atoms with Gasteiger partial charge in [0.2, 0.25) is 5.91 Å². The Labute approximate surface area is 197 Å². The smallest absolute Gasteiger partial charge is 0.322 e. The first kappa shape index (κ1) is 24.9. The quantitative estimate of drug-likeness (QED) is 0.410. The molecule has 7 heteroatoms. The Balaban J connectivity index is 1.49. The normalized spacial score (nSPS) is 47.7. The Hall–Kier alpha value is -1.18. The summed E-state index contributed by atoms with van der Waals surface area (Å²) in [7, 11) is 0. The first-order valence-corrected chi connectivity index (χ1v) is 13.0. The van der Waals surface area contributed by atoms with E-state index in [9.17, 15) is 24.9 Å². The molecule has 0 radical (unpaired) electrons. The molecule has 0 heterocycles. The van der Waals surface area contributed by atoms with Gasteiger partial charge in [0.1, 0.15) is 6.54 Å². The molecule has 0 saturated heterocycles. The fourth-order valence-electron chi connectivity index (χ4n) is 8.95. The summed E-state index contributed by atoms with van der Waals surface area (Å²) >= 11 is 0. The molecule has 0 aromatic rings. The molecule has 5 N–H and O–H groups in total. The van der Waals surface area contributed by atoms with Gasteiger partial charge in [0.25, 0.3) is 0 Å². The molecule has 0 bridgehead atoms. The second-order valence-electron chi connectivity index (χ2n) is 12.2. The molecule has 4 aliphatic carbocycles. The third-order valence-electron chi connectivity index (χ3n) is 10.8. The molecule has 0 aromatic heterocycles. The van der Waals surface area contributed by atoms with E-state index in [1.807, 2.05) is 0 Å². The highest BCUT2D eigenvalue weighted by Crippen LogP contribution is 2.68. The first-order chi connectivity index (χ1) is 15.5. The van der Waals surface area contributed by atoms with Gasteiger partial charge in [-0.05, 0) is 97.7 Å². The molecule has 7 nitrogen and oxygen atoms in total. The Morgan fingerprint density at radius 2 is 1.76 bits per heavy atom. The van der Waals surface area contributed by atoms with Crippen molar-refractivity contribution >= 4 is 11.9 Å². The summed E-state index contributed by atoms with van der Waals surface area (Å²) < 4.78 is 0. The van der Waals surface area contributed by atoms with E-state index in [1.165, 1.54) is 0 Å². The van der Waals surface area contributed by atoms with Crippen molar-refractivity contribution < 1.29 is 30.0 Å². The minimum absolute atomic E-state index is 0.0668. The summed E-state index contributed by atoms with van der Waals surface area (Å²) in [5.74, 6) is 0.265. The van der Waals surface area contributed by atoms with Crippen molar-refractivity contribution in [3.05, 3.63) is 0 Å². The Morgan fingerprint density at radius 3 is 2.45 bits per heavy atom. The van der Waals surface area contributed by atoms with Crippen LogP contribution in [0.4, 0.5) is 0 Å². The highest BCUT2D eigenvalue weighted by Gasteiger charge is 2.65. The SMILES string of the molecule is CC(CCC(=O)NCC(=O)O)[C@@H]1CC[C@@H]2[C@@H]3[C@@H](C[C@@H](O)[C@]21C)[C@]1(C)CC[C@H](O)C[C@@H]1C[C@@H]3O. The van der Waals surface area contributed by atoms with Crippen LogP contribution in [-0.4, -0.2) is 57.2 Å². The average molecular weight is 466 g/mol. The van der Waals surface area contributed by atoms with E-state index in [0.29, 0.717) is 25.2 Å². The number of fused-ring (bicyclic) bond motifs is 5. The topological polar surface area (TPSA) is 127 Å². The van der Waals surface area contributed by atoms with E-state index in [0.717, 1.165) is 38.5 Å². The van der Waals surface area contributed by atoms with Crippen LogP contribution >= 0.6 is 0 Å². The van der Waals surface area contributed by atoms with E-state index >= 15 is 0 Å². The van der Waals surface area contributed by atoms with Crippen LogP contribution in [0.3, 0.4) is 0 Å². The molecule has 1 unspecified atom stereocenters. The van der Waals surface area contributed by atoms with Gasteiger partial charge in [0, 0.05) is 6.42 Å². The summed E-state index contributed by atoms with van der Waals surface area (Å²) in [6, 6.07) is 0. The number of aliphatic hydroxyl groups is 3. The van der Waals surface area contributed by atoms with Gasteiger partial charge in [-0.1, -0.05) is 20.8 Å². The van der Waals surface area contributed by atoms with Gasteiger partial charge >= 0.3 is 5.97 Å². The van der Waals surface area contributed by atoms with Gasteiger partial charge in [-0.3, -0.25) is 9.59 Å².